The average molecular weight is 329 g/mol. The van der Waals surface area contributed by atoms with Crippen LogP contribution in [0.2, 0.25) is 0 Å². The average Bonchev–Trinajstić information content (AvgIpc) is 3.19. The summed E-state index contributed by atoms with van der Waals surface area (Å²) in [6.07, 6.45) is 1.86. The first-order chi connectivity index (χ1) is 12.2. The molecule has 4 nitrogen and oxygen atoms in total. The van der Waals surface area contributed by atoms with Crippen LogP contribution in [-0.4, -0.2) is 17.7 Å². The molecule has 0 saturated heterocycles. The molecule has 4 aromatic rings. The van der Waals surface area contributed by atoms with E-state index in [1.807, 2.05) is 30.5 Å². The lowest BCUT2D eigenvalue weighted by Crippen LogP contribution is -2.33. The summed E-state index contributed by atoms with van der Waals surface area (Å²) in [5.41, 5.74) is 4.13. The number of para-hydroxylation sites is 1. The highest BCUT2D eigenvalue weighted by Gasteiger charge is 2.29. The van der Waals surface area contributed by atoms with Crippen LogP contribution < -0.4 is 9.80 Å². The third-order valence-corrected chi connectivity index (χ3v) is 4.92. The zero-order chi connectivity index (χ0) is 17.0. The molecule has 1 aliphatic heterocycles. The Morgan fingerprint density at radius 1 is 0.960 bits per heavy atom. The number of rotatable bonds is 2. The normalized spacial score (nSPS) is 14.0. The molecule has 0 spiro atoms. The van der Waals surface area contributed by atoms with E-state index in [4.69, 9.17) is 4.42 Å². The Kier molecular flexibility index (Phi) is 3.01. The van der Waals surface area contributed by atoms with Gasteiger partial charge in [-0.1, -0.05) is 18.2 Å². The van der Waals surface area contributed by atoms with Crippen molar-refractivity contribution in [1.82, 2.24) is 4.98 Å². The Bertz CT molecular complexity index is 1080. The quantitative estimate of drug-likeness (QED) is 0.499. The molecule has 4 heteroatoms. The van der Waals surface area contributed by atoms with Gasteiger partial charge < -0.3 is 14.2 Å². The molecule has 0 amide bonds. The molecule has 0 radical (unpaired) electrons. The van der Waals surface area contributed by atoms with Crippen molar-refractivity contribution < 1.29 is 4.42 Å². The standard InChI is InChI=1S/C21H19N3O/c1-14(2)23-13-24(21-18(23)7-5-11-22-21)15-9-10-17-16-6-3-4-8-19(16)25-20(17)12-15/h3-12,14H,13H2,1-2H3. The fourth-order valence-corrected chi connectivity index (χ4v) is 3.64. The number of hydrogen-bond acceptors (Lipinski definition) is 4. The first-order valence-corrected chi connectivity index (χ1v) is 8.63. The van der Waals surface area contributed by atoms with Gasteiger partial charge in [-0.15, -0.1) is 0 Å². The molecule has 0 bridgehead atoms. The van der Waals surface area contributed by atoms with E-state index in [2.05, 4.69) is 59.0 Å². The van der Waals surface area contributed by atoms with E-state index in [0.29, 0.717) is 6.04 Å². The summed E-state index contributed by atoms with van der Waals surface area (Å²) in [6.45, 7) is 5.22. The molecule has 3 heterocycles. The second-order valence-corrected chi connectivity index (χ2v) is 6.76. The Balaban J connectivity index is 1.65. The van der Waals surface area contributed by atoms with Crippen LogP contribution in [-0.2, 0) is 0 Å². The topological polar surface area (TPSA) is 32.5 Å². The van der Waals surface area contributed by atoms with Crippen molar-refractivity contribution in [1.29, 1.82) is 0 Å². The highest BCUT2D eigenvalue weighted by Crippen LogP contribution is 2.41. The van der Waals surface area contributed by atoms with Crippen LogP contribution in [0.1, 0.15) is 13.8 Å². The van der Waals surface area contributed by atoms with Crippen LogP contribution in [0.3, 0.4) is 0 Å². The summed E-state index contributed by atoms with van der Waals surface area (Å²) in [5.74, 6) is 1.01. The molecular weight excluding hydrogens is 310 g/mol. The van der Waals surface area contributed by atoms with Gasteiger partial charge in [0.05, 0.1) is 12.4 Å². The van der Waals surface area contributed by atoms with E-state index in [1.165, 1.54) is 5.69 Å². The van der Waals surface area contributed by atoms with Gasteiger partial charge in [-0.3, -0.25) is 0 Å². The third-order valence-electron chi connectivity index (χ3n) is 4.92. The number of furan rings is 1. The van der Waals surface area contributed by atoms with Crippen molar-refractivity contribution in [2.24, 2.45) is 0 Å². The number of aromatic nitrogens is 1. The molecule has 0 unspecified atom stereocenters. The monoisotopic (exact) mass is 329 g/mol. The predicted molar refractivity (Wildman–Crippen MR) is 103 cm³/mol. The molecule has 5 rings (SSSR count). The second kappa shape index (κ2) is 5.24. The third kappa shape index (κ3) is 2.10. The lowest BCUT2D eigenvalue weighted by atomic mass is 10.1. The van der Waals surface area contributed by atoms with Crippen LogP contribution in [0.25, 0.3) is 21.9 Å². The molecule has 0 aliphatic carbocycles. The van der Waals surface area contributed by atoms with E-state index in [0.717, 1.165) is 40.1 Å². The van der Waals surface area contributed by atoms with E-state index >= 15 is 0 Å². The number of hydrogen-bond donors (Lipinski definition) is 0. The molecule has 0 atom stereocenters. The summed E-state index contributed by atoms with van der Waals surface area (Å²) in [7, 11) is 0. The van der Waals surface area contributed by atoms with E-state index in [-0.39, 0.29) is 0 Å². The first kappa shape index (κ1) is 14.3. The van der Waals surface area contributed by atoms with Gasteiger partial charge in [-0.25, -0.2) is 4.98 Å². The Morgan fingerprint density at radius 2 is 1.80 bits per heavy atom. The Labute approximate surface area is 146 Å². The summed E-state index contributed by atoms with van der Waals surface area (Å²) in [5, 5.41) is 2.31. The first-order valence-electron chi connectivity index (χ1n) is 8.63. The minimum Gasteiger partial charge on any atom is -0.456 e. The highest BCUT2D eigenvalue weighted by atomic mass is 16.3. The Hall–Kier alpha value is -3.01. The summed E-state index contributed by atoms with van der Waals surface area (Å²) >= 11 is 0. The summed E-state index contributed by atoms with van der Waals surface area (Å²) in [6, 6.07) is 19.2. The Morgan fingerprint density at radius 3 is 2.68 bits per heavy atom. The predicted octanol–water partition coefficient (Wildman–Crippen LogP) is 5.31. The van der Waals surface area contributed by atoms with Crippen LogP contribution in [0.5, 0.6) is 0 Å². The molecule has 0 saturated carbocycles. The lowest BCUT2D eigenvalue weighted by Gasteiger charge is -2.24. The zero-order valence-electron chi connectivity index (χ0n) is 14.3. The fourth-order valence-electron chi connectivity index (χ4n) is 3.64. The van der Waals surface area contributed by atoms with Gasteiger partial charge in [-0.05, 0) is 44.2 Å². The maximum absolute atomic E-state index is 6.05. The van der Waals surface area contributed by atoms with E-state index in [9.17, 15) is 0 Å². The number of benzene rings is 2. The van der Waals surface area contributed by atoms with Gasteiger partial charge in [0.1, 0.15) is 11.2 Å². The number of anilines is 3. The van der Waals surface area contributed by atoms with Crippen LogP contribution in [0.15, 0.2) is 65.2 Å². The SMILES string of the molecule is CC(C)N1CN(c2ccc3c(c2)oc2ccccc23)c2ncccc21. The van der Waals surface area contributed by atoms with Crippen LogP contribution >= 0.6 is 0 Å². The van der Waals surface area contributed by atoms with E-state index in [1.54, 1.807) is 0 Å². The number of pyridine rings is 1. The molecule has 25 heavy (non-hydrogen) atoms. The van der Waals surface area contributed by atoms with Crippen molar-refractivity contribution in [3.05, 3.63) is 60.8 Å². The minimum atomic E-state index is 0.419. The van der Waals surface area contributed by atoms with Gasteiger partial charge in [-0.2, -0.15) is 0 Å². The van der Waals surface area contributed by atoms with Gasteiger partial charge in [0, 0.05) is 34.8 Å². The van der Waals surface area contributed by atoms with Gasteiger partial charge in [0.2, 0.25) is 0 Å². The summed E-state index contributed by atoms with van der Waals surface area (Å²) < 4.78 is 6.05. The highest BCUT2D eigenvalue weighted by molar-refractivity contribution is 6.05. The summed E-state index contributed by atoms with van der Waals surface area (Å²) in [4.78, 5) is 9.24. The number of nitrogens with zero attached hydrogens (tertiary/aromatic N) is 3. The second-order valence-electron chi connectivity index (χ2n) is 6.76. The molecule has 0 fully saturated rings. The minimum absolute atomic E-state index is 0.419. The van der Waals surface area contributed by atoms with Crippen molar-refractivity contribution in [2.45, 2.75) is 19.9 Å². The van der Waals surface area contributed by atoms with Gasteiger partial charge in [0.15, 0.2) is 5.82 Å². The number of fused-ring (bicyclic) bond motifs is 4. The van der Waals surface area contributed by atoms with Crippen molar-refractivity contribution in [3.63, 3.8) is 0 Å². The van der Waals surface area contributed by atoms with E-state index < -0.39 is 0 Å². The maximum Gasteiger partial charge on any atom is 0.158 e. The van der Waals surface area contributed by atoms with Crippen LogP contribution in [0.4, 0.5) is 17.2 Å². The van der Waals surface area contributed by atoms with Gasteiger partial charge in [0.25, 0.3) is 0 Å². The molecule has 2 aromatic heterocycles. The molecular formula is C21H19N3O. The largest absolute Gasteiger partial charge is 0.456 e. The smallest absolute Gasteiger partial charge is 0.158 e. The molecule has 124 valence electrons. The lowest BCUT2D eigenvalue weighted by molar-refractivity contribution is 0.668. The molecule has 1 aliphatic rings. The molecule has 0 N–H and O–H groups in total. The van der Waals surface area contributed by atoms with Crippen molar-refractivity contribution in [2.75, 3.05) is 16.5 Å². The molecule has 2 aromatic carbocycles. The van der Waals surface area contributed by atoms with Crippen molar-refractivity contribution in [3.8, 4) is 0 Å². The maximum atomic E-state index is 6.05. The fraction of sp³-hybridized carbons (Fsp3) is 0.190. The van der Waals surface area contributed by atoms with Crippen molar-refractivity contribution >= 4 is 39.1 Å². The zero-order valence-corrected chi connectivity index (χ0v) is 14.3. The van der Waals surface area contributed by atoms with Gasteiger partial charge >= 0.3 is 0 Å². The van der Waals surface area contributed by atoms with Crippen LogP contribution in [0, 0.1) is 0 Å².